The zero-order chi connectivity index (χ0) is 24.2. The Labute approximate surface area is 203 Å². The number of fused-ring (bicyclic) bond motifs is 1. The molecule has 0 saturated carbocycles. The first-order valence-corrected chi connectivity index (χ1v) is 11.2. The first kappa shape index (κ1) is 22.2. The van der Waals surface area contributed by atoms with Gasteiger partial charge < -0.3 is 20.1 Å². The molecule has 3 aromatic carbocycles. The van der Waals surface area contributed by atoms with Gasteiger partial charge in [0.2, 0.25) is 5.95 Å². The highest BCUT2D eigenvalue weighted by molar-refractivity contribution is 6.06. The Bertz CT molecular complexity index is 1360. The average molecular weight is 468 g/mol. The molecule has 1 atom stereocenters. The lowest BCUT2D eigenvalue weighted by Gasteiger charge is -2.29. The summed E-state index contributed by atoms with van der Waals surface area (Å²) in [4.78, 5) is 17.8. The van der Waals surface area contributed by atoms with Crippen LogP contribution in [0.5, 0.6) is 11.5 Å². The molecule has 1 amide bonds. The van der Waals surface area contributed by atoms with Gasteiger partial charge in [0, 0.05) is 5.70 Å². The van der Waals surface area contributed by atoms with Gasteiger partial charge in [0.05, 0.1) is 18.4 Å². The molecule has 0 spiro atoms. The van der Waals surface area contributed by atoms with Crippen LogP contribution in [0, 0.1) is 0 Å². The lowest BCUT2D eigenvalue weighted by molar-refractivity contribution is -0.113. The second-order valence-electron chi connectivity index (χ2n) is 8.09. The van der Waals surface area contributed by atoms with Crippen LogP contribution < -0.4 is 20.1 Å². The number of ether oxygens (including phenoxy) is 2. The molecule has 1 aromatic heterocycles. The number of aromatic nitrogens is 3. The number of methoxy groups -OCH3 is 1. The van der Waals surface area contributed by atoms with Crippen LogP contribution in [0.4, 0.5) is 11.6 Å². The Kier molecular flexibility index (Phi) is 6.17. The fourth-order valence-electron chi connectivity index (χ4n) is 4.12. The average Bonchev–Trinajstić information content (AvgIpc) is 3.36. The van der Waals surface area contributed by atoms with E-state index in [1.807, 2.05) is 73.7 Å². The first-order chi connectivity index (χ1) is 17.1. The topological polar surface area (TPSA) is 90.3 Å². The van der Waals surface area contributed by atoms with Gasteiger partial charge in [0.1, 0.15) is 30.5 Å². The highest BCUT2D eigenvalue weighted by Gasteiger charge is 2.33. The predicted octanol–water partition coefficient (Wildman–Crippen LogP) is 4.79. The summed E-state index contributed by atoms with van der Waals surface area (Å²) in [5, 5.41) is 10.6. The number of anilines is 2. The van der Waals surface area contributed by atoms with E-state index < -0.39 is 6.04 Å². The van der Waals surface area contributed by atoms with Gasteiger partial charge in [0.15, 0.2) is 0 Å². The molecule has 35 heavy (non-hydrogen) atoms. The van der Waals surface area contributed by atoms with Crippen LogP contribution >= 0.6 is 0 Å². The Hall–Kier alpha value is -4.59. The summed E-state index contributed by atoms with van der Waals surface area (Å²) in [6.07, 6.45) is 1.47. The fraction of sp³-hybridized carbons (Fsp3) is 0.148. The summed E-state index contributed by atoms with van der Waals surface area (Å²) in [5.74, 6) is 1.65. The molecule has 8 nitrogen and oxygen atoms in total. The van der Waals surface area contributed by atoms with E-state index in [2.05, 4.69) is 20.7 Å². The SMILES string of the molecule is COc1ccccc1NC(=O)C1=C(C)Nc2ncnn2C1c1ccc(OCc2ccccc2)cc1. The van der Waals surface area contributed by atoms with Crippen LogP contribution in [0.15, 0.2) is 96.5 Å². The van der Waals surface area contributed by atoms with E-state index in [1.165, 1.54) is 6.33 Å². The number of allylic oxidation sites excluding steroid dienone is 1. The summed E-state index contributed by atoms with van der Waals surface area (Å²) >= 11 is 0. The van der Waals surface area contributed by atoms with Crippen molar-refractivity contribution in [2.24, 2.45) is 0 Å². The standard InChI is InChI=1S/C27H25N5O3/c1-18-24(26(33)31-22-10-6-7-11-23(22)34-2)25(32-27(30-18)28-17-29-32)20-12-14-21(15-13-20)35-16-19-8-4-3-5-9-19/h3-15,17,25H,16H2,1-2H3,(H,31,33)(H,28,29,30). The number of nitrogens with one attached hydrogen (secondary N) is 2. The van der Waals surface area contributed by atoms with Gasteiger partial charge in [-0.05, 0) is 42.3 Å². The lowest BCUT2D eigenvalue weighted by Crippen LogP contribution is -2.31. The molecule has 0 fully saturated rings. The summed E-state index contributed by atoms with van der Waals surface area (Å²) in [5.41, 5.74) is 3.80. The van der Waals surface area contributed by atoms with Gasteiger partial charge in [-0.25, -0.2) is 4.68 Å². The van der Waals surface area contributed by atoms with Crippen molar-refractivity contribution >= 4 is 17.5 Å². The molecule has 0 bridgehead atoms. The van der Waals surface area contributed by atoms with E-state index >= 15 is 0 Å². The zero-order valence-electron chi connectivity index (χ0n) is 19.4. The van der Waals surface area contributed by atoms with Crippen molar-refractivity contribution in [2.75, 3.05) is 17.7 Å². The number of para-hydroxylation sites is 2. The first-order valence-electron chi connectivity index (χ1n) is 11.2. The van der Waals surface area contributed by atoms with E-state index in [1.54, 1.807) is 23.9 Å². The summed E-state index contributed by atoms with van der Waals surface area (Å²) in [6, 6.07) is 24.6. The smallest absolute Gasteiger partial charge is 0.255 e. The molecule has 5 rings (SSSR count). The van der Waals surface area contributed by atoms with E-state index in [9.17, 15) is 4.79 Å². The Morgan fingerprint density at radius 3 is 2.54 bits per heavy atom. The summed E-state index contributed by atoms with van der Waals surface area (Å²) in [7, 11) is 1.57. The maximum absolute atomic E-state index is 13.5. The van der Waals surface area contributed by atoms with Crippen LogP contribution in [0.2, 0.25) is 0 Å². The number of hydrogen-bond acceptors (Lipinski definition) is 6. The number of carbonyl (C=O) groups is 1. The van der Waals surface area contributed by atoms with Gasteiger partial charge in [-0.3, -0.25) is 4.79 Å². The molecule has 0 radical (unpaired) electrons. The Balaban J connectivity index is 1.43. The van der Waals surface area contributed by atoms with E-state index in [0.29, 0.717) is 35.3 Å². The number of amides is 1. The van der Waals surface area contributed by atoms with Gasteiger partial charge >= 0.3 is 0 Å². The number of benzene rings is 3. The number of hydrogen-bond donors (Lipinski definition) is 2. The largest absolute Gasteiger partial charge is 0.495 e. The van der Waals surface area contributed by atoms with Crippen LogP contribution in [-0.2, 0) is 11.4 Å². The number of rotatable bonds is 7. The van der Waals surface area contributed by atoms with E-state index in [-0.39, 0.29) is 5.91 Å². The van der Waals surface area contributed by atoms with Crippen molar-refractivity contribution < 1.29 is 14.3 Å². The van der Waals surface area contributed by atoms with Crippen molar-refractivity contribution in [3.63, 3.8) is 0 Å². The maximum atomic E-state index is 13.5. The van der Waals surface area contributed by atoms with Crippen molar-refractivity contribution in [1.29, 1.82) is 0 Å². The minimum absolute atomic E-state index is 0.255. The second-order valence-corrected chi connectivity index (χ2v) is 8.09. The quantitative estimate of drug-likeness (QED) is 0.406. The third kappa shape index (κ3) is 4.59. The molecule has 4 aromatic rings. The molecule has 176 valence electrons. The van der Waals surface area contributed by atoms with Crippen molar-refractivity contribution in [3.8, 4) is 11.5 Å². The third-order valence-electron chi connectivity index (χ3n) is 5.84. The van der Waals surface area contributed by atoms with Crippen molar-refractivity contribution in [2.45, 2.75) is 19.6 Å². The Morgan fingerprint density at radius 2 is 1.77 bits per heavy atom. The van der Waals surface area contributed by atoms with Crippen LogP contribution in [-0.4, -0.2) is 27.8 Å². The van der Waals surface area contributed by atoms with Gasteiger partial charge in [-0.15, -0.1) is 0 Å². The number of carbonyl (C=O) groups excluding carboxylic acids is 1. The predicted molar refractivity (Wildman–Crippen MR) is 133 cm³/mol. The van der Waals surface area contributed by atoms with Crippen LogP contribution in [0.1, 0.15) is 24.1 Å². The van der Waals surface area contributed by atoms with E-state index in [4.69, 9.17) is 9.47 Å². The molecule has 2 heterocycles. The third-order valence-corrected chi connectivity index (χ3v) is 5.84. The summed E-state index contributed by atoms with van der Waals surface area (Å²) in [6.45, 7) is 2.34. The molecular weight excluding hydrogens is 442 g/mol. The van der Waals surface area contributed by atoms with Crippen molar-refractivity contribution in [1.82, 2.24) is 14.8 Å². The van der Waals surface area contributed by atoms with Crippen molar-refractivity contribution in [3.05, 3.63) is 108 Å². The molecule has 1 unspecified atom stereocenters. The van der Waals surface area contributed by atoms with E-state index in [0.717, 1.165) is 16.9 Å². The monoisotopic (exact) mass is 467 g/mol. The Morgan fingerprint density at radius 1 is 1.03 bits per heavy atom. The number of nitrogens with zero attached hydrogens (tertiary/aromatic N) is 3. The van der Waals surface area contributed by atoms with Gasteiger partial charge in [-0.1, -0.05) is 54.6 Å². The molecule has 1 aliphatic rings. The normalized spacial score (nSPS) is 14.6. The van der Waals surface area contributed by atoms with Crippen LogP contribution in [0.3, 0.4) is 0 Å². The fourth-order valence-corrected chi connectivity index (χ4v) is 4.12. The molecule has 0 saturated heterocycles. The zero-order valence-corrected chi connectivity index (χ0v) is 19.4. The van der Waals surface area contributed by atoms with Crippen LogP contribution in [0.25, 0.3) is 0 Å². The minimum atomic E-state index is -0.466. The molecule has 8 heteroatoms. The molecule has 0 aliphatic carbocycles. The molecule has 2 N–H and O–H groups in total. The van der Waals surface area contributed by atoms with Gasteiger partial charge in [-0.2, -0.15) is 10.1 Å². The second kappa shape index (κ2) is 9.72. The molecular formula is C27H25N5O3. The lowest BCUT2D eigenvalue weighted by atomic mass is 9.95. The maximum Gasteiger partial charge on any atom is 0.255 e. The molecule has 1 aliphatic heterocycles. The summed E-state index contributed by atoms with van der Waals surface area (Å²) < 4.78 is 13.0. The van der Waals surface area contributed by atoms with Gasteiger partial charge in [0.25, 0.3) is 5.91 Å². The highest BCUT2D eigenvalue weighted by atomic mass is 16.5. The minimum Gasteiger partial charge on any atom is -0.495 e. The highest BCUT2D eigenvalue weighted by Crippen LogP contribution is 2.36.